The predicted molar refractivity (Wildman–Crippen MR) is 80.3 cm³/mol. The highest BCUT2D eigenvalue weighted by Gasteiger charge is 2.37. The fourth-order valence-electron chi connectivity index (χ4n) is 3.00. The van der Waals surface area contributed by atoms with Gasteiger partial charge in [0.2, 0.25) is 0 Å². The second-order valence-electron chi connectivity index (χ2n) is 5.09. The molecular formula is C13H20ClN3O2S. The third kappa shape index (κ3) is 2.98. The molecule has 2 atom stereocenters. The van der Waals surface area contributed by atoms with Crippen LogP contribution in [0.3, 0.4) is 0 Å². The molecule has 1 saturated carbocycles. The van der Waals surface area contributed by atoms with Crippen LogP contribution in [-0.2, 0) is 11.3 Å². The molecule has 2 heterocycles. The first-order chi connectivity index (χ1) is 9.29. The van der Waals surface area contributed by atoms with Gasteiger partial charge in [0.25, 0.3) is 5.91 Å². The highest BCUT2D eigenvalue weighted by atomic mass is 35.5. The first-order valence-electron chi connectivity index (χ1n) is 6.86. The van der Waals surface area contributed by atoms with E-state index in [0.717, 1.165) is 17.8 Å². The van der Waals surface area contributed by atoms with Crippen molar-refractivity contribution < 1.29 is 9.53 Å². The Kier molecular flexibility index (Phi) is 5.37. The first-order valence-corrected chi connectivity index (χ1v) is 7.74. The molecule has 2 unspecified atom stereocenters. The average Bonchev–Trinajstić information content (AvgIpc) is 2.95. The molecule has 5 nitrogen and oxygen atoms in total. The van der Waals surface area contributed by atoms with Crippen molar-refractivity contribution in [3.05, 3.63) is 16.1 Å². The number of halogens is 1. The van der Waals surface area contributed by atoms with Gasteiger partial charge in [-0.05, 0) is 12.8 Å². The van der Waals surface area contributed by atoms with E-state index < -0.39 is 0 Å². The highest BCUT2D eigenvalue weighted by molar-refractivity contribution is 7.09. The number of nitrogens with zero attached hydrogens (tertiary/aromatic N) is 2. The van der Waals surface area contributed by atoms with Gasteiger partial charge in [0, 0.05) is 18.5 Å². The summed E-state index contributed by atoms with van der Waals surface area (Å²) >= 11 is 1.46. The van der Waals surface area contributed by atoms with Crippen molar-refractivity contribution in [3.63, 3.8) is 0 Å². The maximum atomic E-state index is 12.6. The van der Waals surface area contributed by atoms with Crippen molar-refractivity contribution >= 4 is 29.7 Å². The number of aromatic nitrogens is 1. The minimum absolute atomic E-state index is 0. The van der Waals surface area contributed by atoms with Gasteiger partial charge in [-0.3, -0.25) is 4.79 Å². The van der Waals surface area contributed by atoms with Crippen LogP contribution in [0.4, 0.5) is 0 Å². The largest absolute Gasteiger partial charge is 0.374 e. The lowest BCUT2D eigenvalue weighted by Crippen LogP contribution is -2.54. The molecule has 1 aliphatic heterocycles. The van der Waals surface area contributed by atoms with Gasteiger partial charge >= 0.3 is 0 Å². The number of rotatable bonds is 2. The minimum Gasteiger partial charge on any atom is -0.374 e. The number of morpholine rings is 1. The van der Waals surface area contributed by atoms with Crippen LogP contribution in [0.1, 0.15) is 41.2 Å². The van der Waals surface area contributed by atoms with Crippen molar-refractivity contribution in [1.29, 1.82) is 0 Å². The Morgan fingerprint density at radius 1 is 1.50 bits per heavy atom. The third-order valence-electron chi connectivity index (χ3n) is 3.94. The van der Waals surface area contributed by atoms with E-state index in [9.17, 15) is 4.79 Å². The van der Waals surface area contributed by atoms with Crippen LogP contribution in [0.2, 0.25) is 0 Å². The van der Waals surface area contributed by atoms with Crippen LogP contribution in [0.15, 0.2) is 5.38 Å². The number of thiazole rings is 1. The summed E-state index contributed by atoms with van der Waals surface area (Å²) in [4.78, 5) is 18.8. The molecule has 112 valence electrons. The SMILES string of the molecule is Cl.NCc1nc(C(=O)N2CCOC3CCCCC32)cs1. The Bertz CT molecular complexity index is 466. The van der Waals surface area contributed by atoms with Crippen molar-refractivity contribution in [2.24, 2.45) is 5.73 Å². The maximum absolute atomic E-state index is 12.6. The van der Waals surface area contributed by atoms with E-state index >= 15 is 0 Å². The Labute approximate surface area is 128 Å². The number of carbonyl (C=O) groups is 1. The van der Waals surface area contributed by atoms with Gasteiger partial charge in [-0.25, -0.2) is 4.98 Å². The molecule has 2 fully saturated rings. The molecular weight excluding hydrogens is 298 g/mol. The van der Waals surface area contributed by atoms with Gasteiger partial charge in [0.15, 0.2) is 0 Å². The summed E-state index contributed by atoms with van der Waals surface area (Å²) in [7, 11) is 0. The van der Waals surface area contributed by atoms with Gasteiger partial charge in [0.05, 0.1) is 18.8 Å². The summed E-state index contributed by atoms with van der Waals surface area (Å²) in [6.45, 7) is 1.71. The van der Waals surface area contributed by atoms with Crippen molar-refractivity contribution in [2.45, 2.75) is 44.4 Å². The standard InChI is InChI=1S/C13H19N3O2S.ClH/c14-7-12-15-9(8-19-12)13(17)16-5-6-18-11-4-2-1-3-10(11)16;/h8,10-11H,1-7,14H2;1H. The fraction of sp³-hybridized carbons (Fsp3) is 0.692. The molecule has 3 rings (SSSR count). The number of hydrogen-bond acceptors (Lipinski definition) is 5. The lowest BCUT2D eigenvalue weighted by Gasteiger charge is -2.43. The summed E-state index contributed by atoms with van der Waals surface area (Å²) in [5, 5.41) is 2.63. The van der Waals surface area contributed by atoms with Crippen LogP contribution in [0.25, 0.3) is 0 Å². The quantitative estimate of drug-likeness (QED) is 0.903. The van der Waals surface area contributed by atoms with Gasteiger partial charge < -0.3 is 15.4 Å². The first kappa shape index (κ1) is 15.7. The number of ether oxygens (including phenoxy) is 1. The molecule has 0 spiro atoms. The van der Waals surface area contributed by atoms with E-state index in [4.69, 9.17) is 10.5 Å². The average molecular weight is 318 g/mol. The number of fused-ring (bicyclic) bond motifs is 1. The van der Waals surface area contributed by atoms with E-state index in [1.54, 1.807) is 0 Å². The van der Waals surface area contributed by atoms with Crippen LogP contribution in [0.5, 0.6) is 0 Å². The summed E-state index contributed by atoms with van der Waals surface area (Å²) in [6.07, 6.45) is 4.72. The maximum Gasteiger partial charge on any atom is 0.273 e. The summed E-state index contributed by atoms with van der Waals surface area (Å²) in [6, 6.07) is 0.234. The van der Waals surface area contributed by atoms with Crippen molar-refractivity contribution in [2.75, 3.05) is 13.2 Å². The summed E-state index contributed by atoms with van der Waals surface area (Å²) < 4.78 is 5.79. The molecule has 1 saturated heterocycles. The molecule has 0 radical (unpaired) electrons. The van der Waals surface area contributed by atoms with Gasteiger partial charge in [-0.1, -0.05) is 12.8 Å². The van der Waals surface area contributed by atoms with Gasteiger partial charge in [0.1, 0.15) is 10.7 Å². The normalized spacial score (nSPS) is 25.8. The Morgan fingerprint density at radius 2 is 2.30 bits per heavy atom. The minimum atomic E-state index is 0. The van der Waals surface area contributed by atoms with Crippen molar-refractivity contribution in [1.82, 2.24) is 9.88 Å². The Balaban J connectivity index is 0.00000147. The Hall–Kier alpha value is -0.690. The van der Waals surface area contributed by atoms with Crippen LogP contribution in [0, 0.1) is 0 Å². The smallest absolute Gasteiger partial charge is 0.273 e. The molecule has 7 heteroatoms. The zero-order valence-corrected chi connectivity index (χ0v) is 12.9. The second kappa shape index (κ2) is 6.85. The summed E-state index contributed by atoms with van der Waals surface area (Å²) in [5.41, 5.74) is 6.09. The van der Waals surface area contributed by atoms with Gasteiger partial charge in [-0.2, -0.15) is 0 Å². The van der Waals surface area contributed by atoms with Crippen LogP contribution in [-0.4, -0.2) is 41.1 Å². The Morgan fingerprint density at radius 3 is 3.05 bits per heavy atom. The summed E-state index contributed by atoms with van der Waals surface area (Å²) in [5.74, 6) is 0.0381. The van der Waals surface area contributed by atoms with E-state index in [2.05, 4.69) is 4.98 Å². The molecule has 2 N–H and O–H groups in total. The lowest BCUT2D eigenvalue weighted by atomic mass is 9.90. The zero-order chi connectivity index (χ0) is 13.2. The fourth-order valence-corrected chi connectivity index (χ4v) is 3.65. The molecule has 20 heavy (non-hydrogen) atoms. The lowest BCUT2D eigenvalue weighted by molar-refractivity contribution is -0.0754. The van der Waals surface area contributed by atoms with Crippen LogP contribution < -0.4 is 5.73 Å². The van der Waals surface area contributed by atoms with Crippen LogP contribution >= 0.6 is 23.7 Å². The number of amides is 1. The zero-order valence-electron chi connectivity index (χ0n) is 11.3. The number of carbonyl (C=O) groups excluding carboxylic acids is 1. The molecule has 1 amide bonds. The predicted octanol–water partition coefficient (Wildman–Crippen LogP) is 1.81. The van der Waals surface area contributed by atoms with Crippen molar-refractivity contribution in [3.8, 4) is 0 Å². The highest BCUT2D eigenvalue weighted by Crippen LogP contribution is 2.29. The monoisotopic (exact) mass is 317 g/mol. The molecule has 2 aliphatic rings. The molecule has 1 aromatic rings. The van der Waals surface area contributed by atoms with E-state index in [1.165, 1.54) is 24.2 Å². The topological polar surface area (TPSA) is 68.5 Å². The van der Waals surface area contributed by atoms with E-state index in [0.29, 0.717) is 25.4 Å². The van der Waals surface area contributed by atoms with Gasteiger partial charge in [-0.15, -0.1) is 23.7 Å². The number of hydrogen-bond donors (Lipinski definition) is 1. The van der Waals surface area contributed by atoms with E-state index in [-0.39, 0.29) is 30.5 Å². The second-order valence-corrected chi connectivity index (χ2v) is 6.03. The number of nitrogens with two attached hydrogens (primary N) is 1. The molecule has 0 aromatic carbocycles. The molecule has 1 aliphatic carbocycles. The van der Waals surface area contributed by atoms with E-state index in [1.807, 2.05) is 10.3 Å². The third-order valence-corrected chi connectivity index (χ3v) is 4.81. The molecule has 0 bridgehead atoms. The molecule has 1 aromatic heterocycles.